The number of amides is 1. The minimum atomic E-state index is -0.466. The molecule has 3 rings (SSSR count). The summed E-state index contributed by atoms with van der Waals surface area (Å²) < 4.78 is 8.41. The van der Waals surface area contributed by atoms with Crippen LogP contribution in [-0.2, 0) is 21.4 Å². The van der Waals surface area contributed by atoms with Gasteiger partial charge >= 0.3 is 5.97 Å². The van der Waals surface area contributed by atoms with Gasteiger partial charge in [-0.05, 0) is 52.3 Å². The lowest BCUT2D eigenvalue weighted by atomic mass is 9.97. The molecule has 2 atom stereocenters. The summed E-state index contributed by atoms with van der Waals surface area (Å²) in [5.74, 6) is -0.687. The number of benzene rings is 1. The number of carbonyl (C=O) groups excluding carboxylic acids is 2. The SMILES string of the molecule is CCOC(=O)C1CCCN(C(C)C(=O)Nc2c(C)n(C)n(-c3ccccc3)c2=O)C1. The number of esters is 1. The van der Waals surface area contributed by atoms with Gasteiger partial charge in [0.1, 0.15) is 5.69 Å². The number of anilines is 1. The van der Waals surface area contributed by atoms with Crippen LogP contribution in [0.25, 0.3) is 5.69 Å². The molecule has 1 aliphatic rings. The van der Waals surface area contributed by atoms with Gasteiger partial charge in [0, 0.05) is 13.6 Å². The van der Waals surface area contributed by atoms with E-state index in [4.69, 9.17) is 4.74 Å². The summed E-state index contributed by atoms with van der Waals surface area (Å²) in [4.78, 5) is 40.0. The van der Waals surface area contributed by atoms with Crippen LogP contribution in [0.3, 0.4) is 0 Å². The van der Waals surface area contributed by atoms with Gasteiger partial charge < -0.3 is 10.1 Å². The molecule has 30 heavy (non-hydrogen) atoms. The number of carbonyl (C=O) groups is 2. The van der Waals surface area contributed by atoms with Crippen LogP contribution in [-0.4, -0.2) is 51.9 Å². The Balaban J connectivity index is 1.76. The predicted molar refractivity (Wildman–Crippen MR) is 115 cm³/mol. The van der Waals surface area contributed by atoms with Crippen LogP contribution < -0.4 is 10.9 Å². The van der Waals surface area contributed by atoms with Crippen molar-refractivity contribution in [3.05, 3.63) is 46.4 Å². The Bertz CT molecular complexity index is 964. The highest BCUT2D eigenvalue weighted by atomic mass is 16.5. The molecule has 0 spiro atoms. The molecule has 1 saturated heterocycles. The van der Waals surface area contributed by atoms with Crippen molar-refractivity contribution in [2.24, 2.45) is 13.0 Å². The van der Waals surface area contributed by atoms with Crippen LogP contribution in [0, 0.1) is 12.8 Å². The first-order valence-electron chi connectivity index (χ1n) is 10.4. The minimum absolute atomic E-state index is 0.209. The van der Waals surface area contributed by atoms with Crippen LogP contribution in [0.5, 0.6) is 0 Å². The number of piperidine rings is 1. The van der Waals surface area contributed by atoms with Crippen molar-refractivity contribution in [1.29, 1.82) is 0 Å². The van der Waals surface area contributed by atoms with Gasteiger partial charge in [0.05, 0.1) is 29.9 Å². The Hall–Kier alpha value is -2.87. The molecule has 2 aromatic rings. The maximum Gasteiger partial charge on any atom is 0.310 e. The van der Waals surface area contributed by atoms with E-state index in [1.165, 1.54) is 4.68 Å². The highest BCUT2D eigenvalue weighted by Gasteiger charge is 2.32. The quantitative estimate of drug-likeness (QED) is 0.732. The Morgan fingerprint density at radius 2 is 1.97 bits per heavy atom. The first-order chi connectivity index (χ1) is 14.3. The summed E-state index contributed by atoms with van der Waals surface area (Å²) >= 11 is 0. The Morgan fingerprint density at radius 3 is 2.63 bits per heavy atom. The molecular formula is C22H30N4O4. The number of nitrogens with zero attached hydrogens (tertiary/aromatic N) is 3. The maximum atomic E-state index is 13.0. The molecule has 0 bridgehead atoms. The molecule has 0 radical (unpaired) electrons. The van der Waals surface area contributed by atoms with Crippen LogP contribution in [0.15, 0.2) is 35.1 Å². The van der Waals surface area contributed by atoms with Crippen molar-refractivity contribution in [2.45, 2.75) is 39.7 Å². The fraction of sp³-hybridized carbons (Fsp3) is 0.500. The second kappa shape index (κ2) is 9.30. The fourth-order valence-electron chi connectivity index (χ4n) is 3.92. The van der Waals surface area contributed by atoms with Gasteiger partial charge in [-0.2, -0.15) is 0 Å². The van der Waals surface area contributed by atoms with Crippen LogP contribution in [0.4, 0.5) is 5.69 Å². The molecule has 0 aliphatic carbocycles. The third-order valence-electron chi connectivity index (χ3n) is 5.80. The van der Waals surface area contributed by atoms with E-state index in [0.717, 1.165) is 25.1 Å². The number of likely N-dealkylation sites (tertiary alicyclic amines) is 1. The minimum Gasteiger partial charge on any atom is -0.466 e. The smallest absolute Gasteiger partial charge is 0.310 e. The first-order valence-corrected chi connectivity index (χ1v) is 10.4. The van der Waals surface area contributed by atoms with E-state index in [9.17, 15) is 14.4 Å². The molecule has 1 aromatic heterocycles. The van der Waals surface area contributed by atoms with Crippen molar-refractivity contribution >= 4 is 17.6 Å². The summed E-state index contributed by atoms with van der Waals surface area (Å²) in [5, 5.41) is 2.82. The number of para-hydroxylation sites is 1. The first kappa shape index (κ1) is 21.8. The van der Waals surface area contributed by atoms with Crippen LogP contribution in [0.2, 0.25) is 0 Å². The van der Waals surface area contributed by atoms with Gasteiger partial charge in [-0.3, -0.25) is 24.0 Å². The zero-order chi connectivity index (χ0) is 21.8. The fourth-order valence-corrected chi connectivity index (χ4v) is 3.92. The molecule has 2 heterocycles. The van der Waals surface area contributed by atoms with Gasteiger partial charge in [-0.15, -0.1) is 0 Å². The lowest BCUT2D eigenvalue weighted by molar-refractivity contribution is -0.150. The highest BCUT2D eigenvalue weighted by molar-refractivity contribution is 5.95. The summed E-state index contributed by atoms with van der Waals surface area (Å²) in [6, 6.07) is 8.83. The van der Waals surface area contributed by atoms with E-state index in [1.54, 1.807) is 32.5 Å². The number of hydrogen-bond acceptors (Lipinski definition) is 5. The Kier molecular flexibility index (Phi) is 6.77. The van der Waals surface area contributed by atoms with E-state index in [2.05, 4.69) is 5.32 Å². The molecule has 2 unspecified atom stereocenters. The summed E-state index contributed by atoms with van der Waals surface area (Å²) in [5.41, 5.74) is 1.41. The van der Waals surface area contributed by atoms with E-state index >= 15 is 0 Å². The zero-order valence-electron chi connectivity index (χ0n) is 18.1. The number of aromatic nitrogens is 2. The summed E-state index contributed by atoms with van der Waals surface area (Å²) in [6.07, 6.45) is 1.59. The van der Waals surface area contributed by atoms with Crippen molar-refractivity contribution in [3.8, 4) is 5.69 Å². The molecular weight excluding hydrogens is 384 g/mol. The van der Waals surface area contributed by atoms with Gasteiger partial charge in [-0.1, -0.05) is 18.2 Å². The third-order valence-corrected chi connectivity index (χ3v) is 5.80. The number of hydrogen-bond donors (Lipinski definition) is 1. The monoisotopic (exact) mass is 414 g/mol. The molecule has 8 nitrogen and oxygen atoms in total. The predicted octanol–water partition coefficient (Wildman–Crippen LogP) is 2.09. The maximum absolute atomic E-state index is 13.0. The standard InChI is InChI=1S/C22H30N4O4/c1-5-30-22(29)17-10-9-13-25(14-17)16(3)20(27)23-19-15(2)24(4)26(21(19)28)18-11-7-6-8-12-18/h6-8,11-12,16-17H,5,9-10,13-14H2,1-4H3,(H,23,27). The summed E-state index contributed by atoms with van der Waals surface area (Å²) in [7, 11) is 1.79. The summed E-state index contributed by atoms with van der Waals surface area (Å²) in [6.45, 7) is 6.96. The number of ether oxygens (including phenoxy) is 1. The third kappa shape index (κ3) is 4.33. The lowest BCUT2D eigenvalue weighted by Gasteiger charge is -2.34. The second-order valence-corrected chi connectivity index (χ2v) is 7.69. The molecule has 1 fully saturated rings. The zero-order valence-corrected chi connectivity index (χ0v) is 18.1. The number of rotatable bonds is 6. The normalized spacial score (nSPS) is 18.1. The largest absolute Gasteiger partial charge is 0.466 e. The van der Waals surface area contributed by atoms with E-state index in [0.29, 0.717) is 18.8 Å². The van der Waals surface area contributed by atoms with Gasteiger partial charge in [0.2, 0.25) is 5.91 Å². The Labute approximate surface area is 176 Å². The number of nitrogens with one attached hydrogen (secondary N) is 1. The van der Waals surface area contributed by atoms with E-state index in [1.807, 2.05) is 35.2 Å². The van der Waals surface area contributed by atoms with Crippen molar-refractivity contribution in [3.63, 3.8) is 0 Å². The van der Waals surface area contributed by atoms with Crippen molar-refractivity contribution in [2.75, 3.05) is 25.0 Å². The average Bonchev–Trinajstić information content (AvgIpc) is 2.97. The van der Waals surface area contributed by atoms with E-state index < -0.39 is 6.04 Å². The van der Waals surface area contributed by atoms with E-state index in [-0.39, 0.29) is 29.0 Å². The van der Waals surface area contributed by atoms with Crippen molar-refractivity contribution in [1.82, 2.24) is 14.3 Å². The molecule has 0 saturated carbocycles. The molecule has 8 heteroatoms. The molecule has 1 aromatic carbocycles. The van der Waals surface area contributed by atoms with Crippen LogP contribution in [0.1, 0.15) is 32.4 Å². The highest BCUT2D eigenvalue weighted by Crippen LogP contribution is 2.21. The average molecular weight is 415 g/mol. The Morgan fingerprint density at radius 1 is 1.27 bits per heavy atom. The van der Waals surface area contributed by atoms with Gasteiger partial charge in [0.15, 0.2) is 0 Å². The lowest BCUT2D eigenvalue weighted by Crippen LogP contribution is -2.49. The van der Waals surface area contributed by atoms with Gasteiger partial charge in [0.25, 0.3) is 5.56 Å². The topological polar surface area (TPSA) is 85.6 Å². The van der Waals surface area contributed by atoms with Crippen molar-refractivity contribution < 1.29 is 14.3 Å². The molecule has 162 valence electrons. The molecule has 1 N–H and O–H groups in total. The second-order valence-electron chi connectivity index (χ2n) is 7.69. The molecule has 1 aliphatic heterocycles. The van der Waals surface area contributed by atoms with Crippen LogP contribution >= 0.6 is 0 Å². The molecule has 1 amide bonds. The van der Waals surface area contributed by atoms with Gasteiger partial charge in [-0.25, -0.2) is 4.68 Å².